The summed E-state index contributed by atoms with van der Waals surface area (Å²) in [5.74, 6) is 1.68. The number of aromatic nitrogens is 2. The predicted molar refractivity (Wildman–Crippen MR) is 113 cm³/mol. The number of aryl methyl sites for hydroxylation is 1. The Morgan fingerprint density at radius 2 is 1.85 bits per heavy atom. The Morgan fingerprint density at radius 3 is 2.59 bits per heavy atom. The molecule has 0 fully saturated rings. The summed E-state index contributed by atoms with van der Waals surface area (Å²) in [7, 11) is 1.59. The quantitative estimate of drug-likeness (QED) is 0.527. The topological polar surface area (TPSA) is 64.1 Å². The van der Waals surface area contributed by atoms with Crippen molar-refractivity contribution in [3.05, 3.63) is 59.7 Å². The summed E-state index contributed by atoms with van der Waals surface area (Å²) in [5, 5.41) is 11.2. The Bertz CT molecular complexity index is 900. The van der Waals surface area contributed by atoms with E-state index in [-0.39, 0.29) is 11.7 Å². The number of methoxy groups -OCH3 is 1. The summed E-state index contributed by atoms with van der Waals surface area (Å²) >= 11 is 4.55. The molecule has 0 radical (unpaired) electrons. The van der Waals surface area contributed by atoms with Gasteiger partial charge in [-0.25, -0.2) is 0 Å². The molecule has 0 spiro atoms. The number of amides is 1. The number of hydrogen-bond acceptors (Lipinski definition) is 7. The molecule has 1 N–H and O–H groups in total. The van der Waals surface area contributed by atoms with Crippen molar-refractivity contribution in [2.24, 2.45) is 0 Å². The lowest BCUT2D eigenvalue weighted by atomic mass is 10.2. The Labute approximate surface area is 170 Å². The molecule has 0 atom stereocenters. The summed E-state index contributed by atoms with van der Waals surface area (Å²) in [6, 6.07) is 15.9. The van der Waals surface area contributed by atoms with Crippen LogP contribution in [-0.4, -0.2) is 29.0 Å². The molecule has 0 saturated carbocycles. The summed E-state index contributed by atoms with van der Waals surface area (Å²) < 4.78 is 6.98. The first-order chi connectivity index (χ1) is 13.1. The summed E-state index contributed by atoms with van der Waals surface area (Å²) in [6.07, 6.45) is 0. The van der Waals surface area contributed by atoms with Gasteiger partial charge in [-0.05, 0) is 30.2 Å². The molecule has 1 heterocycles. The standard InChI is InChI=1S/C19H19N3O2S3/c1-13-8-9-16(24-2)15(10-13)20-17(23)12-26-19-22-21-18(27-19)25-11-14-6-4-3-5-7-14/h3-10H,11-12H2,1-2H3,(H,20,23). The third-order valence-electron chi connectivity index (χ3n) is 3.55. The number of thioether (sulfide) groups is 2. The van der Waals surface area contributed by atoms with Gasteiger partial charge in [0.2, 0.25) is 5.91 Å². The normalized spacial score (nSPS) is 10.6. The van der Waals surface area contributed by atoms with Gasteiger partial charge < -0.3 is 10.1 Å². The Kier molecular flexibility index (Phi) is 7.14. The highest BCUT2D eigenvalue weighted by molar-refractivity contribution is 8.03. The molecule has 1 aromatic heterocycles. The largest absolute Gasteiger partial charge is 0.495 e. The SMILES string of the molecule is COc1ccc(C)cc1NC(=O)CSc1nnc(SCc2ccccc2)s1. The van der Waals surface area contributed by atoms with Gasteiger partial charge >= 0.3 is 0 Å². The fourth-order valence-corrected chi connectivity index (χ4v) is 5.04. The highest BCUT2D eigenvalue weighted by Crippen LogP contribution is 2.31. The van der Waals surface area contributed by atoms with Crippen molar-refractivity contribution in [1.82, 2.24) is 10.2 Å². The predicted octanol–water partition coefficient (Wildman–Crippen LogP) is 4.88. The van der Waals surface area contributed by atoms with E-state index < -0.39 is 0 Å². The van der Waals surface area contributed by atoms with Crippen molar-refractivity contribution in [2.45, 2.75) is 21.4 Å². The Morgan fingerprint density at radius 1 is 1.11 bits per heavy atom. The van der Waals surface area contributed by atoms with Gasteiger partial charge in [0.05, 0.1) is 18.6 Å². The van der Waals surface area contributed by atoms with Gasteiger partial charge in [0, 0.05) is 5.75 Å². The summed E-state index contributed by atoms with van der Waals surface area (Å²) in [4.78, 5) is 12.2. The van der Waals surface area contributed by atoms with Gasteiger partial charge in [-0.2, -0.15) is 0 Å². The zero-order chi connectivity index (χ0) is 19.1. The maximum atomic E-state index is 12.2. The molecule has 27 heavy (non-hydrogen) atoms. The zero-order valence-electron chi connectivity index (χ0n) is 15.0. The van der Waals surface area contributed by atoms with E-state index in [1.165, 1.54) is 28.7 Å². The van der Waals surface area contributed by atoms with E-state index in [0.717, 1.165) is 20.0 Å². The number of hydrogen-bond donors (Lipinski definition) is 1. The minimum absolute atomic E-state index is 0.0995. The van der Waals surface area contributed by atoms with Crippen molar-refractivity contribution in [1.29, 1.82) is 0 Å². The van der Waals surface area contributed by atoms with Gasteiger partial charge in [-0.15, -0.1) is 10.2 Å². The minimum Gasteiger partial charge on any atom is -0.495 e. The van der Waals surface area contributed by atoms with E-state index in [1.54, 1.807) is 18.9 Å². The number of nitrogens with zero attached hydrogens (tertiary/aromatic N) is 2. The molecule has 0 bridgehead atoms. The van der Waals surface area contributed by atoms with Gasteiger partial charge in [0.1, 0.15) is 5.75 Å². The van der Waals surface area contributed by atoms with Crippen LogP contribution >= 0.6 is 34.9 Å². The molecule has 0 aliphatic carbocycles. The van der Waals surface area contributed by atoms with E-state index in [4.69, 9.17) is 4.74 Å². The highest BCUT2D eigenvalue weighted by Gasteiger charge is 2.11. The maximum Gasteiger partial charge on any atom is 0.234 e. The van der Waals surface area contributed by atoms with Crippen molar-refractivity contribution in [3.63, 3.8) is 0 Å². The molecule has 0 unspecified atom stereocenters. The summed E-state index contributed by atoms with van der Waals surface area (Å²) in [6.45, 7) is 1.97. The van der Waals surface area contributed by atoms with E-state index in [0.29, 0.717) is 11.4 Å². The molecule has 3 aromatic rings. The van der Waals surface area contributed by atoms with Crippen molar-refractivity contribution < 1.29 is 9.53 Å². The molecule has 2 aromatic carbocycles. The molecule has 140 valence electrons. The fourth-order valence-electron chi connectivity index (χ4n) is 2.27. The van der Waals surface area contributed by atoms with Crippen LogP contribution in [0.25, 0.3) is 0 Å². The lowest BCUT2D eigenvalue weighted by molar-refractivity contribution is -0.113. The first kappa shape index (κ1) is 19.7. The van der Waals surface area contributed by atoms with Crippen molar-refractivity contribution in [3.8, 4) is 5.75 Å². The van der Waals surface area contributed by atoms with Crippen LogP contribution in [0.4, 0.5) is 5.69 Å². The van der Waals surface area contributed by atoms with Crippen molar-refractivity contribution >= 4 is 46.5 Å². The van der Waals surface area contributed by atoms with E-state index in [2.05, 4.69) is 27.6 Å². The number of carbonyl (C=O) groups is 1. The van der Waals surface area contributed by atoms with E-state index >= 15 is 0 Å². The molecule has 1 amide bonds. The number of nitrogens with one attached hydrogen (secondary N) is 1. The number of ether oxygens (including phenoxy) is 1. The average molecular weight is 418 g/mol. The van der Waals surface area contributed by atoms with Crippen LogP contribution in [-0.2, 0) is 10.5 Å². The maximum absolute atomic E-state index is 12.2. The van der Waals surface area contributed by atoms with Gasteiger partial charge in [0.25, 0.3) is 0 Å². The second-order valence-electron chi connectivity index (χ2n) is 5.65. The minimum atomic E-state index is -0.0995. The number of rotatable bonds is 8. The third kappa shape index (κ3) is 5.98. The summed E-state index contributed by atoms with van der Waals surface area (Å²) in [5.41, 5.74) is 2.99. The van der Waals surface area contributed by atoms with Crippen LogP contribution in [0.2, 0.25) is 0 Å². The molecule has 0 aliphatic rings. The molecule has 5 nitrogen and oxygen atoms in total. The Hall–Kier alpha value is -2.03. The van der Waals surface area contributed by atoms with Crippen LogP contribution in [0.15, 0.2) is 57.2 Å². The lowest BCUT2D eigenvalue weighted by Gasteiger charge is -2.10. The number of anilines is 1. The third-order valence-corrected chi connectivity index (χ3v) is 6.81. The zero-order valence-corrected chi connectivity index (χ0v) is 17.4. The van der Waals surface area contributed by atoms with Crippen LogP contribution in [0, 0.1) is 6.92 Å². The smallest absolute Gasteiger partial charge is 0.234 e. The first-order valence-electron chi connectivity index (χ1n) is 8.21. The first-order valence-corrected chi connectivity index (χ1v) is 11.0. The molecular weight excluding hydrogens is 398 g/mol. The Balaban J connectivity index is 1.49. The van der Waals surface area contributed by atoms with Gasteiger partial charge in [0.15, 0.2) is 8.68 Å². The molecule has 0 saturated heterocycles. The molecular formula is C19H19N3O2S3. The van der Waals surface area contributed by atoms with Gasteiger partial charge in [-0.3, -0.25) is 4.79 Å². The van der Waals surface area contributed by atoms with Crippen LogP contribution in [0.5, 0.6) is 5.75 Å². The van der Waals surface area contributed by atoms with Crippen LogP contribution in [0.3, 0.4) is 0 Å². The van der Waals surface area contributed by atoms with Gasteiger partial charge in [-0.1, -0.05) is 71.3 Å². The average Bonchev–Trinajstić information content (AvgIpc) is 3.14. The van der Waals surface area contributed by atoms with Crippen LogP contribution in [0.1, 0.15) is 11.1 Å². The van der Waals surface area contributed by atoms with E-state index in [1.807, 2.05) is 43.3 Å². The van der Waals surface area contributed by atoms with E-state index in [9.17, 15) is 4.79 Å². The molecule has 3 rings (SSSR count). The number of carbonyl (C=O) groups excluding carboxylic acids is 1. The monoisotopic (exact) mass is 417 g/mol. The van der Waals surface area contributed by atoms with Crippen LogP contribution < -0.4 is 10.1 Å². The van der Waals surface area contributed by atoms with Crippen molar-refractivity contribution in [2.75, 3.05) is 18.2 Å². The number of benzene rings is 2. The lowest BCUT2D eigenvalue weighted by Crippen LogP contribution is -2.14. The molecule has 8 heteroatoms. The highest BCUT2D eigenvalue weighted by atomic mass is 32.2. The molecule has 0 aliphatic heterocycles. The second-order valence-corrected chi connectivity index (χ2v) is 9.07. The fraction of sp³-hybridized carbons (Fsp3) is 0.211. The second kappa shape index (κ2) is 9.77.